The third-order valence-electron chi connectivity index (χ3n) is 2.09. The minimum Gasteiger partial charge on any atom is -0.382 e. The summed E-state index contributed by atoms with van der Waals surface area (Å²) in [5.74, 6) is 0. The number of carbonyl (C=O) groups is 1. The molecule has 14 heavy (non-hydrogen) atoms. The Morgan fingerprint density at radius 2 is 2.07 bits per heavy atom. The molecule has 0 aromatic heterocycles. The van der Waals surface area contributed by atoms with Crippen molar-refractivity contribution in [3.63, 3.8) is 0 Å². The minimum atomic E-state index is 0.216. The molecule has 1 aromatic rings. The van der Waals surface area contributed by atoms with Crippen molar-refractivity contribution < 1.29 is 4.79 Å². The van der Waals surface area contributed by atoms with Crippen molar-refractivity contribution in [2.75, 3.05) is 5.32 Å². The van der Waals surface area contributed by atoms with Crippen molar-refractivity contribution in [2.45, 2.75) is 25.8 Å². The highest BCUT2D eigenvalue weighted by atomic mass is 35.5. The average molecular weight is 212 g/mol. The Kier molecular flexibility index (Phi) is 4.47. The molecule has 3 heteroatoms. The Hall–Kier alpha value is -1.02. The molecular formula is C11H14ClNO. The molecule has 1 rings (SSSR count). The van der Waals surface area contributed by atoms with Gasteiger partial charge in [-0.25, -0.2) is 0 Å². The molecule has 0 aliphatic carbocycles. The zero-order valence-corrected chi connectivity index (χ0v) is 8.92. The normalized spacial score (nSPS) is 12.1. The molecule has 0 heterocycles. The van der Waals surface area contributed by atoms with E-state index in [0.29, 0.717) is 6.42 Å². The lowest BCUT2D eigenvalue weighted by Crippen LogP contribution is -2.18. The monoisotopic (exact) mass is 211 g/mol. The van der Waals surface area contributed by atoms with Crippen LogP contribution in [0.2, 0.25) is 5.02 Å². The maximum absolute atomic E-state index is 10.4. The molecule has 2 nitrogen and oxygen atoms in total. The average Bonchev–Trinajstić information content (AvgIpc) is 2.20. The van der Waals surface area contributed by atoms with Gasteiger partial charge in [-0.1, -0.05) is 18.5 Å². The van der Waals surface area contributed by atoms with E-state index >= 15 is 0 Å². The van der Waals surface area contributed by atoms with E-state index in [2.05, 4.69) is 12.2 Å². The van der Waals surface area contributed by atoms with Crippen LogP contribution >= 0.6 is 11.6 Å². The van der Waals surface area contributed by atoms with Gasteiger partial charge in [0.1, 0.15) is 6.29 Å². The SMILES string of the molecule is CC[C@H](CC=O)Nc1ccc(Cl)cc1. The summed E-state index contributed by atoms with van der Waals surface area (Å²) in [6, 6.07) is 7.70. The molecule has 1 atom stereocenters. The molecule has 0 aliphatic heterocycles. The number of nitrogens with one attached hydrogen (secondary N) is 1. The lowest BCUT2D eigenvalue weighted by molar-refractivity contribution is -0.108. The van der Waals surface area contributed by atoms with Crippen LogP contribution in [0, 0.1) is 0 Å². The standard InChI is InChI=1S/C11H14ClNO/c1-2-10(7-8-14)13-11-5-3-9(12)4-6-11/h3-6,8,10,13H,2,7H2,1H3/t10-/m1/s1. The molecule has 76 valence electrons. The third-order valence-corrected chi connectivity index (χ3v) is 2.34. The number of hydrogen-bond donors (Lipinski definition) is 1. The van der Waals surface area contributed by atoms with E-state index in [1.807, 2.05) is 24.3 Å². The number of halogens is 1. The van der Waals surface area contributed by atoms with Gasteiger partial charge in [0.15, 0.2) is 0 Å². The summed E-state index contributed by atoms with van der Waals surface area (Å²) < 4.78 is 0. The van der Waals surface area contributed by atoms with E-state index in [0.717, 1.165) is 23.4 Å². The summed E-state index contributed by atoms with van der Waals surface area (Å²) in [5.41, 5.74) is 1.00. The summed E-state index contributed by atoms with van der Waals surface area (Å²) in [7, 11) is 0. The summed E-state index contributed by atoms with van der Waals surface area (Å²) in [6.07, 6.45) is 2.41. The maximum Gasteiger partial charge on any atom is 0.122 e. The molecule has 1 N–H and O–H groups in total. The Morgan fingerprint density at radius 3 is 2.57 bits per heavy atom. The molecule has 1 aromatic carbocycles. The van der Waals surface area contributed by atoms with Gasteiger partial charge in [0.2, 0.25) is 0 Å². The Morgan fingerprint density at radius 1 is 1.43 bits per heavy atom. The van der Waals surface area contributed by atoms with Crippen LogP contribution in [0.4, 0.5) is 5.69 Å². The van der Waals surface area contributed by atoms with E-state index in [1.165, 1.54) is 0 Å². The molecule has 0 fully saturated rings. The van der Waals surface area contributed by atoms with E-state index in [1.54, 1.807) is 0 Å². The number of rotatable bonds is 5. The highest BCUT2D eigenvalue weighted by Crippen LogP contribution is 2.15. The lowest BCUT2D eigenvalue weighted by atomic mass is 10.1. The summed E-state index contributed by atoms with van der Waals surface area (Å²) in [6.45, 7) is 2.05. The quantitative estimate of drug-likeness (QED) is 0.759. The smallest absolute Gasteiger partial charge is 0.122 e. The van der Waals surface area contributed by atoms with Gasteiger partial charge in [0.25, 0.3) is 0 Å². The van der Waals surface area contributed by atoms with Gasteiger partial charge in [-0.3, -0.25) is 0 Å². The second kappa shape index (κ2) is 5.66. The molecule has 0 amide bonds. The van der Waals surface area contributed by atoms with E-state index in [9.17, 15) is 4.79 Å². The molecule has 0 spiro atoms. The van der Waals surface area contributed by atoms with Crippen molar-refractivity contribution in [1.82, 2.24) is 0 Å². The zero-order chi connectivity index (χ0) is 10.4. The van der Waals surface area contributed by atoms with Gasteiger partial charge in [0, 0.05) is 23.2 Å². The van der Waals surface area contributed by atoms with Crippen LogP contribution in [0.5, 0.6) is 0 Å². The van der Waals surface area contributed by atoms with Crippen molar-refractivity contribution >= 4 is 23.6 Å². The van der Waals surface area contributed by atoms with Gasteiger partial charge in [-0.2, -0.15) is 0 Å². The summed E-state index contributed by atoms with van der Waals surface area (Å²) in [5, 5.41) is 3.99. The predicted octanol–water partition coefficient (Wildman–Crippen LogP) is 3.12. The van der Waals surface area contributed by atoms with Crippen molar-refractivity contribution in [3.05, 3.63) is 29.3 Å². The van der Waals surface area contributed by atoms with Crippen LogP contribution < -0.4 is 5.32 Å². The van der Waals surface area contributed by atoms with Crippen LogP contribution in [0.15, 0.2) is 24.3 Å². The highest BCUT2D eigenvalue weighted by Gasteiger charge is 2.04. The first-order chi connectivity index (χ1) is 6.76. The number of carbonyl (C=O) groups excluding carboxylic acids is 1. The Balaban J connectivity index is 2.57. The van der Waals surface area contributed by atoms with Gasteiger partial charge < -0.3 is 10.1 Å². The first-order valence-electron chi connectivity index (χ1n) is 4.72. The molecule has 0 radical (unpaired) electrons. The molecular weight excluding hydrogens is 198 g/mol. The van der Waals surface area contributed by atoms with Gasteiger partial charge in [0.05, 0.1) is 0 Å². The van der Waals surface area contributed by atoms with Gasteiger partial charge in [-0.15, -0.1) is 0 Å². The zero-order valence-electron chi connectivity index (χ0n) is 8.16. The van der Waals surface area contributed by atoms with E-state index in [4.69, 9.17) is 11.6 Å². The fourth-order valence-corrected chi connectivity index (χ4v) is 1.35. The maximum atomic E-state index is 10.4. The fraction of sp³-hybridized carbons (Fsp3) is 0.364. The minimum absolute atomic E-state index is 0.216. The second-order valence-electron chi connectivity index (χ2n) is 3.16. The molecule has 0 bridgehead atoms. The highest BCUT2D eigenvalue weighted by molar-refractivity contribution is 6.30. The molecule has 0 aliphatic rings. The summed E-state index contributed by atoms with van der Waals surface area (Å²) >= 11 is 5.76. The first kappa shape index (κ1) is 11.1. The van der Waals surface area contributed by atoms with Crippen LogP contribution in [-0.2, 0) is 4.79 Å². The van der Waals surface area contributed by atoms with Crippen LogP contribution in [0.1, 0.15) is 19.8 Å². The lowest BCUT2D eigenvalue weighted by Gasteiger charge is -2.15. The van der Waals surface area contributed by atoms with Crippen molar-refractivity contribution in [3.8, 4) is 0 Å². The van der Waals surface area contributed by atoms with E-state index in [-0.39, 0.29) is 6.04 Å². The fourth-order valence-electron chi connectivity index (χ4n) is 1.23. The van der Waals surface area contributed by atoms with Crippen LogP contribution in [0.25, 0.3) is 0 Å². The van der Waals surface area contributed by atoms with Crippen LogP contribution in [-0.4, -0.2) is 12.3 Å². The third kappa shape index (κ3) is 3.38. The predicted molar refractivity (Wildman–Crippen MR) is 59.8 cm³/mol. The van der Waals surface area contributed by atoms with Gasteiger partial charge in [-0.05, 0) is 30.7 Å². The summed E-state index contributed by atoms with van der Waals surface area (Å²) in [4.78, 5) is 10.4. The number of aldehydes is 1. The topological polar surface area (TPSA) is 29.1 Å². The largest absolute Gasteiger partial charge is 0.382 e. The Labute approximate surface area is 89.3 Å². The molecule has 0 unspecified atom stereocenters. The number of anilines is 1. The second-order valence-corrected chi connectivity index (χ2v) is 3.60. The van der Waals surface area contributed by atoms with Crippen LogP contribution in [0.3, 0.4) is 0 Å². The number of hydrogen-bond acceptors (Lipinski definition) is 2. The van der Waals surface area contributed by atoms with Gasteiger partial charge >= 0.3 is 0 Å². The Bertz CT molecular complexity index is 284. The molecule has 0 saturated carbocycles. The first-order valence-corrected chi connectivity index (χ1v) is 5.09. The molecule has 0 saturated heterocycles. The van der Waals surface area contributed by atoms with Crippen molar-refractivity contribution in [1.29, 1.82) is 0 Å². The van der Waals surface area contributed by atoms with Crippen molar-refractivity contribution in [2.24, 2.45) is 0 Å². The van der Waals surface area contributed by atoms with E-state index < -0.39 is 0 Å². The number of benzene rings is 1.